The third-order valence-electron chi connectivity index (χ3n) is 2.38. The van der Waals surface area contributed by atoms with E-state index in [0.29, 0.717) is 10.6 Å². The van der Waals surface area contributed by atoms with Crippen LogP contribution >= 0.6 is 11.6 Å². The highest BCUT2D eigenvalue weighted by Gasteiger charge is 2.17. The van der Waals surface area contributed by atoms with E-state index in [1.165, 1.54) is 12.1 Å². The van der Waals surface area contributed by atoms with Crippen LogP contribution in [-0.4, -0.2) is 9.91 Å². The van der Waals surface area contributed by atoms with E-state index < -0.39 is 4.92 Å². The van der Waals surface area contributed by atoms with Crippen molar-refractivity contribution in [1.82, 2.24) is 4.98 Å². The summed E-state index contributed by atoms with van der Waals surface area (Å²) in [5.41, 5.74) is 5.96. The molecule has 0 fully saturated rings. The second-order valence-corrected chi connectivity index (χ2v) is 4.10. The van der Waals surface area contributed by atoms with E-state index >= 15 is 0 Å². The summed E-state index contributed by atoms with van der Waals surface area (Å²) in [4.78, 5) is 14.1. The van der Waals surface area contributed by atoms with Gasteiger partial charge in [0.1, 0.15) is 12.4 Å². The van der Waals surface area contributed by atoms with Crippen molar-refractivity contribution in [2.24, 2.45) is 0 Å². The van der Waals surface area contributed by atoms with Crippen LogP contribution in [0.2, 0.25) is 5.02 Å². The van der Waals surface area contributed by atoms with Gasteiger partial charge < -0.3 is 10.5 Å². The van der Waals surface area contributed by atoms with Crippen LogP contribution in [0.25, 0.3) is 0 Å². The van der Waals surface area contributed by atoms with Crippen LogP contribution in [0.15, 0.2) is 36.4 Å². The van der Waals surface area contributed by atoms with Crippen molar-refractivity contribution in [1.29, 1.82) is 0 Å². The highest BCUT2D eigenvalue weighted by Crippen LogP contribution is 2.27. The van der Waals surface area contributed by atoms with Crippen molar-refractivity contribution < 1.29 is 9.66 Å². The Hall–Kier alpha value is -2.34. The van der Waals surface area contributed by atoms with Crippen LogP contribution in [0, 0.1) is 10.1 Å². The minimum absolute atomic E-state index is 0.0803. The normalized spacial score (nSPS) is 10.2. The Morgan fingerprint density at radius 1 is 1.32 bits per heavy atom. The molecule has 0 bridgehead atoms. The first kappa shape index (κ1) is 13.1. The van der Waals surface area contributed by atoms with Crippen molar-refractivity contribution in [3.8, 4) is 5.88 Å². The monoisotopic (exact) mass is 279 g/mol. The zero-order chi connectivity index (χ0) is 13.8. The lowest BCUT2D eigenvalue weighted by Crippen LogP contribution is -2.03. The van der Waals surface area contributed by atoms with Crippen LogP contribution < -0.4 is 10.5 Å². The first-order valence-corrected chi connectivity index (χ1v) is 5.73. The number of nitrogen functional groups attached to an aromatic ring is 1. The first-order valence-electron chi connectivity index (χ1n) is 5.35. The maximum atomic E-state index is 10.8. The van der Waals surface area contributed by atoms with Crippen molar-refractivity contribution in [2.75, 3.05) is 5.73 Å². The zero-order valence-corrected chi connectivity index (χ0v) is 10.5. The lowest BCUT2D eigenvalue weighted by molar-refractivity contribution is -0.386. The third kappa shape index (κ3) is 3.11. The molecule has 0 amide bonds. The van der Waals surface area contributed by atoms with Gasteiger partial charge in [-0.3, -0.25) is 10.1 Å². The van der Waals surface area contributed by atoms with Gasteiger partial charge in [-0.15, -0.1) is 0 Å². The van der Waals surface area contributed by atoms with Gasteiger partial charge in [0, 0.05) is 16.7 Å². The average molecular weight is 280 g/mol. The molecule has 0 aliphatic heterocycles. The standard InChI is InChI=1S/C12H10ClN3O3/c13-9-4-2-1-3-8(9)7-19-12-10(16(17)18)5-6-11(14)15-12/h1-6H,7H2,(H2,14,15). The maximum Gasteiger partial charge on any atom is 0.331 e. The minimum atomic E-state index is -0.575. The largest absolute Gasteiger partial charge is 0.468 e. The molecule has 0 aliphatic rings. The molecule has 7 heteroatoms. The second-order valence-electron chi connectivity index (χ2n) is 3.70. The smallest absolute Gasteiger partial charge is 0.331 e. The summed E-state index contributed by atoms with van der Waals surface area (Å²) in [5.74, 6) is 0.0321. The average Bonchev–Trinajstić information content (AvgIpc) is 2.37. The first-order chi connectivity index (χ1) is 9.08. The summed E-state index contributed by atoms with van der Waals surface area (Å²) in [5, 5.41) is 11.4. The fourth-order valence-corrected chi connectivity index (χ4v) is 1.64. The van der Waals surface area contributed by atoms with E-state index in [1.54, 1.807) is 24.3 Å². The number of rotatable bonds is 4. The molecule has 6 nitrogen and oxygen atoms in total. The molecule has 0 aliphatic carbocycles. The summed E-state index contributed by atoms with van der Waals surface area (Å²) in [6, 6.07) is 9.66. The number of benzene rings is 1. The molecule has 0 atom stereocenters. The fourth-order valence-electron chi connectivity index (χ4n) is 1.45. The minimum Gasteiger partial charge on any atom is -0.468 e. The molecule has 2 N–H and O–H groups in total. The number of hydrogen-bond acceptors (Lipinski definition) is 5. The topological polar surface area (TPSA) is 91.3 Å². The number of nitro groups is 1. The Morgan fingerprint density at radius 3 is 2.74 bits per heavy atom. The Kier molecular flexibility index (Phi) is 3.82. The molecule has 0 unspecified atom stereocenters. The quantitative estimate of drug-likeness (QED) is 0.686. The van der Waals surface area contributed by atoms with Gasteiger partial charge >= 0.3 is 5.69 Å². The summed E-state index contributed by atoms with van der Waals surface area (Å²) in [6.45, 7) is 0.0803. The number of nitrogens with two attached hydrogens (primary N) is 1. The molecule has 0 spiro atoms. The van der Waals surface area contributed by atoms with E-state index in [1.807, 2.05) is 0 Å². The van der Waals surface area contributed by atoms with Gasteiger partial charge in [-0.2, -0.15) is 4.98 Å². The van der Waals surface area contributed by atoms with Crippen LogP contribution in [0.5, 0.6) is 5.88 Å². The summed E-state index contributed by atoms with van der Waals surface area (Å²) in [7, 11) is 0. The van der Waals surface area contributed by atoms with Gasteiger partial charge in [-0.1, -0.05) is 29.8 Å². The summed E-state index contributed by atoms with van der Waals surface area (Å²) in [6.07, 6.45) is 0. The molecule has 19 heavy (non-hydrogen) atoms. The number of hydrogen-bond donors (Lipinski definition) is 1. The summed E-state index contributed by atoms with van der Waals surface area (Å²) < 4.78 is 5.33. The van der Waals surface area contributed by atoms with E-state index in [4.69, 9.17) is 22.1 Å². The Morgan fingerprint density at radius 2 is 2.05 bits per heavy atom. The molecule has 2 aromatic rings. The number of pyridine rings is 1. The van der Waals surface area contributed by atoms with E-state index in [0.717, 1.165) is 0 Å². The highest BCUT2D eigenvalue weighted by molar-refractivity contribution is 6.31. The predicted octanol–water partition coefficient (Wildman–Crippen LogP) is 2.80. The molecule has 98 valence electrons. The number of halogens is 1. The van der Waals surface area contributed by atoms with Crippen molar-refractivity contribution >= 4 is 23.1 Å². The highest BCUT2D eigenvalue weighted by atomic mass is 35.5. The van der Waals surface area contributed by atoms with Crippen LogP contribution in [0.4, 0.5) is 11.5 Å². The number of anilines is 1. The molecule has 1 aromatic carbocycles. The SMILES string of the molecule is Nc1ccc([N+](=O)[O-])c(OCc2ccccc2Cl)n1. The van der Waals surface area contributed by atoms with Gasteiger partial charge in [0.15, 0.2) is 0 Å². The lowest BCUT2D eigenvalue weighted by Gasteiger charge is -2.07. The molecule has 1 heterocycles. The van der Waals surface area contributed by atoms with Gasteiger partial charge in [0.25, 0.3) is 5.88 Å². The number of ether oxygens (including phenoxy) is 1. The second kappa shape index (κ2) is 5.53. The maximum absolute atomic E-state index is 10.8. The van der Waals surface area contributed by atoms with E-state index in [9.17, 15) is 10.1 Å². The van der Waals surface area contributed by atoms with Crippen LogP contribution in [0.3, 0.4) is 0 Å². The summed E-state index contributed by atoms with van der Waals surface area (Å²) >= 11 is 5.97. The Bertz CT molecular complexity index is 619. The van der Waals surface area contributed by atoms with E-state index in [2.05, 4.69) is 4.98 Å². The van der Waals surface area contributed by atoms with E-state index in [-0.39, 0.29) is 24.0 Å². The molecule has 0 radical (unpaired) electrons. The molecule has 2 rings (SSSR count). The molecular formula is C12H10ClN3O3. The lowest BCUT2D eigenvalue weighted by atomic mass is 10.2. The van der Waals surface area contributed by atoms with Crippen LogP contribution in [0.1, 0.15) is 5.56 Å². The van der Waals surface area contributed by atoms with Gasteiger partial charge in [-0.05, 0) is 12.1 Å². The van der Waals surface area contributed by atoms with Gasteiger partial charge in [0.05, 0.1) is 4.92 Å². The van der Waals surface area contributed by atoms with Gasteiger partial charge in [-0.25, -0.2) is 0 Å². The predicted molar refractivity (Wildman–Crippen MR) is 71.1 cm³/mol. The Labute approximate surface area is 113 Å². The number of aromatic nitrogens is 1. The van der Waals surface area contributed by atoms with Crippen molar-refractivity contribution in [3.05, 3.63) is 57.1 Å². The molecule has 0 saturated heterocycles. The molecule has 1 aromatic heterocycles. The third-order valence-corrected chi connectivity index (χ3v) is 2.75. The molecular weight excluding hydrogens is 270 g/mol. The number of nitrogens with zero attached hydrogens (tertiary/aromatic N) is 2. The fraction of sp³-hybridized carbons (Fsp3) is 0.0833. The van der Waals surface area contributed by atoms with Crippen molar-refractivity contribution in [3.63, 3.8) is 0 Å². The molecule has 0 saturated carbocycles. The van der Waals surface area contributed by atoms with Gasteiger partial charge in [0.2, 0.25) is 0 Å². The Balaban J connectivity index is 2.22. The zero-order valence-electron chi connectivity index (χ0n) is 9.75. The van der Waals surface area contributed by atoms with Crippen molar-refractivity contribution in [2.45, 2.75) is 6.61 Å². The van der Waals surface area contributed by atoms with Crippen LogP contribution in [-0.2, 0) is 6.61 Å².